The predicted molar refractivity (Wildman–Crippen MR) is 87.4 cm³/mol. The number of rotatable bonds is 2. The number of carbonyl (C=O) groups is 2. The second-order valence-corrected chi connectivity index (χ2v) is 7.45. The number of amides is 2. The number of ether oxygens (including phenoxy) is 1. The molecule has 1 aromatic heterocycles. The Bertz CT molecular complexity index is 548. The highest BCUT2D eigenvalue weighted by molar-refractivity contribution is 7.08. The van der Waals surface area contributed by atoms with Crippen molar-refractivity contribution >= 4 is 23.3 Å². The Hall–Kier alpha value is -1.56. The Labute approximate surface area is 135 Å². The van der Waals surface area contributed by atoms with Crippen LogP contribution in [0.2, 0.25) is 0 Å². The molecule has 1 saturated heterocycles. The number of thiophene rings is 1. The topological polar surface area (TPSA) is 58.6 Å². The second kappa shape index (κ2) is 6.69. The quantitative estimate of drug-likeness (QED) is 0.909. The van der Waals surface area contributed by atoms with Crippen LogP contribution in [-0.2, 0) is 4.74 Å². The number of hydrogen-bond acceptors (Lipinski definition) is 4. The molecule has 22 heavy (non-hydrogen) atoms. The van der Waals surface area contributed by atoms with Gasteiger partial charge in [-0.05, 0) is 51.5 Å². The van der Waals surface area contributed by atoms with E-state index < -0.39 is 11.7 Å². The van der Waals surface area contributed by atoms with Crippen molar-refractivity contribution in [1.29, 1.82) is 0 Å². The summed E-state index contributed by atoms with van der Waals surface area (Å²) in [6.07, 6.45) is 1.33. The molecule has 1 atom stereocenters. The van der Waals surface area contributed by atoms with Gasteiger partial charge in [0.1, 0.15) is 5.60 Å². The number of piperidine rings is 1. The smallest absolute Gasteiger partial charge is 0.407 e. The van der Waals surface area contributed by atoms with Crippen molar-refractivity contribution in [3.05, 3.63) is 21.9 Å². The molecule has 0 unspecified atom stereocenters. The van der Waals surface area contributed by atoms with E-state index in [0.29, 0.717) is 6.54 Å². The van der Waals surface area contributed by atoms with E-state index in [1.54, 1.807) is 0 Å². The SMILES string of the molecule is Cc1cscc1C(=O)N1CCC[C@@H](NC(=O)OC(C)(C)C)C1. The molecule has 5 nitrogen and oxygen atoms in total. The maximum atomic E-state index is 12.5. The van der Waals surface area contributed by atoms with Crippen LogP contribution in [-0.4, -0.2) is 41.6 Å². The van der Waals surface area contributed by atoms with Gasteiger partial charge in [0.05, 0.1) is 5.56 Å². The van der Waals surface area contributed by atoms with Gasteiger partial charge >= 0.3 is 6.09 Å². The van der Waals surface area contributed by atoms with Crippen LogP contribution in [0.4, 0.5) is 4.79 Å². The number of carbonyl (C=O) groups excluding carboxylic acids is 2. The molecule has 0 saturated carbocycles. The highest BCUT2D eigenvalue weighted by atomic mass is 32.1. The molecule has 1 N–H and O–H groups in total. The lowest BCUT2D eigenvalue weighted by Gasteiger charge is -2.33. The van der Waals surface area contributed by atoms with E-state index in [2.05, 4.69) is 5.32 Å². The molecule has 1 aliphatic heterocycles. The summed E-state index contributed by atoms with van der Waals surface area (Å²) in [7, 11) is 0. The van der Waals surface area contributed by atoms with E-state index in [1.165, 1.54) is 11.3 Å². The summed E-state index contributed by atoms with van der Waals surface area (Å²) >= 11 is 1.54. The minimum atomic E-state index is -0.512. The molecule has 6 heteroatoms. The zero-order valence-corrected chi connectivity index (χ0v) is 14.5. The summed E-state index contributed by atoms with van der Waals surface area (Å²) in [6, 6.07) is -0.0495. The molecule has 2 amide bonds. The van der Waals surface area contributed by atoms with Crippen molar-refractivity contribution in [2.45, 2.75) is 52.2 Å². The van der Waals surface area contributed by atoms with Crippen LogP contribution in [0.1, 0.15) is 49.5 Å². The maximum Gasteiger partial charge on any atom is 0.407 e. The van der Waals surface area contributed by atoms with E-state index in [-0.39, 0.29) is 11.9 Å². The fraction of sp³-hybridized carbons (Fsp3) is 0.625. The van der Waals surface area contributed by atoms with Crippen molar-refractivity contribution in [1.82, 2.24) is 10.2 Å². The largest absolute Gasteiger partial charge is 0.444 e. The molecular formula is C16H24N2O3S. The van der Waals surface area contributed by atoms with Gasteiger partial charge in [0.2, 0.25) is 0 Å². The minimum absolute atomic E-state index is 0.0495. The Morgan fingerprint density at radius 3 is 2.68 bits per heavy atom. The Balaban J connectivity index is 1.93. The molecule has 0 aromatic carbocycles. The van der Waals surface area contributed by atoms with E-state index >= 15 is 0 Å². The molecule has 0 aliphatic carbocycles. The fourth-order valence-electron chi connectivity index (χ4n) is 2.50. The van der Waals surface area contributed by atoms with Crippen molar-refractivity contribution in [3.63, 3.8) is 0 Å². The number of nitrogens with one attached hydrogen (secondary N) is 1. The van der Waals surface area contributed by atoms with E-state index in [1.807, 2.05) is 43.4 Å². The first kappa shape index (κ1) is 16.8. The molecule has 1 fully saturated rings. The highest BCUT2D eigenvalue weighted by Gasteiger charge is 2.27. The average Bonchev–Trinajstić information content (AvgIpc) is 2.82. The molecular weight excluding hydrogens is 300 g/mol. The van der Waals surface area contributed by atoms with E-state index in [4.69, 9.17) is 4.74 Å². The maximum absolute atomic E-state index is 12.5. The third-order valence-electron chi connectivity index (χ3n) is 3.52. The fourth-order valence-corrected chi connectivity index (χ4v) is 3.33. The Morgan fingerprint density at radius 1 is 1.36 bits per heavy atom. The van der Waals surface area contributed by atoms with E-state index in [9.17, 15) is 9.59 Å². The number of aryl methyl sites for hydroxylation is 1. The van der Waals surface area contributed by atoms with Crippen molar-refractivity contribution in [2.75, 3.05) is 13.1 Å². The van der Waals surface area contributed by atoms with Crippen LogP contribution in [0, 0.1) is 6.92 Å². The predicted octanol–water partition coefficient (Wildman–Crippen LogP) is 3.19. The molecule has 1 aromatic rings. The van der Waals surface area contributed by atoms with Crippen LogP contribution in [0.5, 0.6) is 0 Å². The average molecular weight is 324 g/mol. The zero-order valence-electron chi connectivity index (χ0n) is 13.6. The lowest BCUT2D eigenvalue weighted by molar-refractivity contribution is 0.0452. The standard InChI is InChI=1S/C16H24N2O3S/c1-11-9-22-10-13(11)14(19)18-7-5-6-12(8-18)17-15(20)21-16(2,3)4/h9-10,12H,5-8H2,1-4H3,(H,17,20)/t12-/m1/s1. The van der Waals surface area contributed by atoms with Crippen LogP contribution in [0.25, 0.3) is 0 Å². The van der Waals surface area contributed by atoms with Gasteiger partial charge in [-0.1, -0.05) is 0 Å². The van der Waals surface area contributed by atoms with Crippen LogP contribution in [0.15, 0.2) is 10.8 Å². The number of hydrogen-bond donors (Lipinski definition) is 1. The monoisotopic (exact) mass is 324 g/mol. The van der Waals surface area contributed by atoms with Gasteiger partial charge < -0.3 is 15.0 Å². The summed E-state index contributed by atoms with van der Waals surface area (Å²) in [4.78, 5) is 26.2. The summed E-state index contributed by atoms with van der Waals surface area (Å²) in [5.41, 5.74) is 1.27. The normalized spacial score (nSPS) is 18.9. The molecule has 0 spiro atoms. The van der Waals surface area contributed by atoms with E-state index in [0.717, 1.165) is 30.5 Å². The second-order valence-electron chi connectivity index (χ2n) is 6.71. The molecule has 122 valence electrons. The van der Waals surface area contributed by atoms with Crippen molar-refractivity contribution < 1.29 is 14.3 Å². The first-order valence-electron chi connectivity index (χ1n) is 7.58. The first-order valence-corrected chi connectivity index (χ1v) is 8.52. The summed E-state index contributed by atoms with van der Waals surface area (Å²) in [6.45, 7) is 8.73. The van der Waals surface area contributed by atoms with Gasteiger partial charge in [-0.15, -0.1) is 0 Å². The number of nitrogens with zero attached hydrogens (tertiary/aromatic N) is 1. The summed E-state index contributed by atoms with van der Waals surface area (Å²) < 4.78 is 5.28. The summed E-state index contributed by atoms with van der Waals surface area (Å²) in [5, 5.41) is 6.74. The molecule has 0 bridgehead atoms. The Kier molecular flexibility index (Phi) is 5.11. The number of likely N-dealkylation sites (tertiary alicyclic amines) is 1. The highest BCUT2D eigenvalue weighted by Crippen LogP contribution is 2.19. The van der Waals surface area contributed by atoms with Gasteiger partial charge in [0.15, 0.2) is 0 Å². The third-order valence-corrected chi connectivity index (χ3v) is 4.38. The van der Waals surface area contributed by atoms with Gasteiger partial charge in [0.25, 0.3) is 5.91 Å². The van der Waals surface area contributed by atoms with Crippen LogP contribution < -0.4 is 5.32 Å². The zero-order chi connectivity index (χ0) is 16.3. The lowest BCUT2D eigenvalue weighted by atomic mass is 10.0. The molecule has 2 rings (SSSR count). The molecule has 1 aliphatic rings. The van der Waals surface area contributed by atoms with Crippen LogP contribution >= 0.6 is 11.3 Å². The summed E-state index contributed by atoms with van der Waals surface area (Å²) in [5.74, 6) is 0.0504. The van der Waals surface area contributed by atoms with Crippen molar-refractivity contribution in [2.24, 2.45) is 0 Å². The van der Waals surface area contributed by atoms with Gasteiger partial charge in [-0.25, -0.2) is 4.79 Å². The van der Waals surface area contributed by atoms with Gasteiger partial charge in [-0.2, -0.15) is 11.3 Å². The molecule has 2 heterocycles. The van der Waals surface area contributed by atoms with Crippen LogP contribution in [0.3, 0.4) is 0 Å². The third kappa shape index (κ3) is 4.47. The van der Waals surface area contributed by atoms with Gasteiger partial charge in [-0.3, -0.25) is 4.79 Å². The van der Waals surface area contributed by atoms with Gasteiger partial charge in [0, 0.05) is 24.5 Å². The number of alkyl carbamates (subject to hydrolysis) is 1. The van der Waals surface area contributed by atoms with Crippen molar-refractivity contribution in [3.8, 4) is 0 Å². The Morgan fingerprint density at radius 2 is 2.09 bits per heavy atom. The molecule has 0 radical (unpaired) electrons. The first-order chi connectivity index (χ1) is 10.3. The lowest BCUT2D eigenvalue weighted by Crippen LogP contribution is -2.50. The minimum Gasteiger partial charge on any atom is -0.444 e.